The molecule has 0 aliphatic rings. The van der Waals surface area contributed by atoms with Crippen molar-refractivity contribution in [3.63, 3.8) is 0 Å². The molecule has 0 atom stereocenters. The standard InChI is InChI=1S/C18H22N4O2/c1-2-3-13-19-18(20-14-15-7-5-4-6-8-15)21-16-9-11-17(12-10-16)22(23)24/h4-12H,2-3,13-14H2,1H3,(H2,19,20,21). The summed E-state index contributed by atoms with van der Waals surface area (Å²) in [7, 11) is 0. The predicted molar refractivity (Wildman–Crippen MR) is 97.2 cm³/mol. The van der Waals surface area contributed by atoms with Crippen LogP contribution in [0.5, 0.6) is 0 Å². The fraction of sp³-hybridized carbons (Fsp3) is 0.278. The van der Waals surface area contributed by atoms with E-state index >= 15 is 0 Å². The summed E-state index contributed by atoms with van der Waals surface area (Å²) < 4.78 is 0. The number of non-ortho nitro benzene ring substituents is 1. The Kier molecular flexibility index (Phi) is 6.76. The zero-order valence-electron chi connectivity index (χ0n) is 13.7. The van der Waals surface area contributed by atoms with Gasteiger partial charge in [-0.3, -0.25) is 10.1 Å². The molecule has 6 nitrogen and oxygen atoms in total. The van der Waals surface area contributed by atoms with Gasteiger partial charge >= 0.3 is 0 Å². The Morgan fingerprint density at radius 1 is 1.12 bits per heavy atom. The Bertz CT molecular complexity index is 669. The summed E-state index contributed by atoms with van der Waals surface area (Å²) in [6, 6.07) is 16.3. The summed E-state index contributed by atoms with van der Waals surface area (Å²) in [6.45, 7) is 3.52. The van der Waals surface area contributed by atoms with Crippen LogP contribution in [-0.2, 0) is 6.54 Å². The van der Waals surface area contributed by atoms with Crippen molar-refractivity contribution in [1.29, 1.82) is 0 Å². The molecule has 0 amide bonds. The van der Waals surface area contributed by atoms with E-state index in [1.165, 1.54) is 12.1 Å². The highest BCUT2D eigenvalue weighted by Crippen LogP contribution is 2.15. The largest absolute Gasteiger partial charge is 0.356 e. The summed E-state index contributed by atoms with van der Waals surface area (Å²) >= 11 is 0. The van der Waals surface area contributed by atoms with Gasteiger partial charge in [-0.15, -0.1) is 0 Å². The van der Waals surface area contributed by atoms with Crippen LogP contribution >= 0.6 is 0 Å². The second-order valence-corrected chi connectivity index (χ2v) is 5.36. The van der Waals surface area contributed by atoms with Crippen molar-refractivity contribution in [2.45, 2.75) is 26.3 Å². The average molecular weight is 326 g/mol. The van der Waals surface area contributed by atoms with E-state index in [-0.39, 0.29) is 5.69 Å². The maximum Gasteiger partial charge on any atom is 0.269 e. The van der Waals surface area contributed by atoms with Gasteiger partial charge in [-0.25, -0.2) is 4.99 Å². The molecule has 2 rings (SSSR count). The van der Waals surface area contributed by atoms with E-state index in [1.807, 2.05) is 30.3 Å². The zero-order valence-corrected chi connectivity index (χ0v) is 13.7. The quantitative estimate of drug-likeness (QED) is 0.265. The first-order valence-corrected chi connectivity index (χ1v) is 8.02. The van der Waals surface area contributed by atoms with Gasteiger partial charge < -0.3 is 10.6 Å². The highest BCUT2D eigenvalue weighted by Gasteiger charge is 2.05. The number of hydrogen-bond acceptors (Lipinski definition) is 3. The number of aliphatic imine (C=N–C) groups is 1. The van der Waals surface area contributed by atoms with Crippen LogP contribution in [0.25, 0.3) is 0 Å². The lowest BCUT2D eigenvalue weighted by Gasteiger charge is -2.12. The molecule has 0 aliphatic carbocycles. The Morgan fingerprint density at radius 2 is 1.83 bits per heavy atom. The van der Waals surface area contributed by atoms with E-state index in [4.69, 9.17) is 0 Å². The number of guanidine groups is 1. The Balaban J connectivity index is 2.05. The smallest absolute Gasteiger partial charge is 0.269 e. The molecule has 0 aliphatic heterocycles. The monoisotopic (exact) mass is 326 g/mol. The van der Waals surface area contributed by atoms with E-state index in [9.17, 15) is 10.1 Å². The van der Waals surface area contributed by atoms with Crippen LogP contribution in [0.1, 0.15) is 25.3 Å². The second kappa shape index (κ2) is 9.29. The highest BCUT2D eigenvalue weighted by molar-refractivity contribution is 5.93. The topological polar surface area (TPSA) is 79.6 Å². The fourth-order valence-electron chi connectivity index (χ4n) is 2.08. The lowest BCUT2D eigenvalue weighted by atomic mass is 10.2. The van der Waals surface area contributed by atoms with Crippen molar-refractivity contribution in [2.24, 2.45) is 4.99 Å². The molecular formula is C18H22N4O2. The van der Waals surface area contributed by atoms with Gasteiger partial charge in [-0.1, -0.05) is 43.7 Å². The molecule has 0 unspecified atom stereocenters. The summed E-state index contributed by atoms with van der Waals surface area (Å²) in [5.74, 6) is 0.668. The number of rotatable bonds is 7. The third kappa shape index (κ3) is 5.72. The maximum atomic E-state index is 10.7. The number of benzene rings is 2. The van der Waals surface area contributed by atoms with Crippen molar-refractivity contribution >= 4 is 17.3 Å². The Morgan fingerprint density at radius 3 is 2.46 bits per heavy atom. The van der Waals surface area contributed by atoms with Crippen LogP contribution in [0, 0.1) is 10.1 Å². The maximum absolute atomic E-state index is 10.7. The number of nitro groups is 1. The van der Waals surface area contributed by atoms with Crippen molar-refractivity contribution < 1.29 is 4.92 Å². The summed E-state index contributed by atoms with van der Waals surface area (Å²) in [4.78, 5) is 14.9. The first-order valence-electron chi connectivity index (χ1n) is 8.02. The molecule has 2 aromatic carbocycles. The molecule has 0 spiro atoms. The molecule has 0 saturated heterocycles. The fourth-order valence-corrected chi connectivity index (χ4v) is 2.08. The van der Waals surface area contributed by atoms with Crippen molar-refractivity contribution in [3.05, 3.63) is 70.3 Å². The van der Waals surface area contributed by atoms with Crippen LogP contribution < -0.4 is 10.6 Å². The lowest BCUT2D eigenvalue weighted by Crippen LogP contribution is -2.31. The van der Waals surface area contributed by atoms with Crippen LogP contribution in [-0.4, -0.2) is 17.4 Å². The minimum absolute atomic E-state index is 0.0715. The molecule has 0 bridgehead atoms. The SMILES string of the molecule is CCCCNC(=NCc1ccccc1)Nc1ccc([N+](=O)[O-])cc1. The number of anilines is 1. The van der Waals surface area contributed by atoms with Gasteiger partial charge in [0.15, 0.2) is 5.96 Å². The van der Waals surface area contributed by atoms with Crippen LogP contribution in [0.4, 0.5) is 11.4 Å². The van der Waals surface area contributed by atoms with Crippen molar-refractivity contribution in [2.75, 3.05) is 11.9 Å². The third-order valence-electron chi connectivity index (χ3n) is 3.43. The van der Waals surface area contributed by atoms with E-state index in [0.717, 1.165) is 30.6 Å². The molecule has 2 aromatic rings. The lowest BCUT2D eigenvalue weighted by molar-refractivity contribution is -0.384. The molecule has 0 radical (unpaired) electrons. The van der Waals surface area contributed by atoms with Gasteiger partial charge in [0.05, 0.1) is 11.5 Å². The number of nitrogens with zero attached hydrogens (tertiary/aromatic N) is 2. The van der Waals surface area contributed by atoms with Gasteiger partial charge in [0, 0.05) is 24.4 Å². The predicted octanol–water partition coefficient (Wildman–Crippen LogP) is 3.95. The zero-order chi connectivity index (χ0) is 17.2. The van der Waals surface area contributed by atoms with Crippen molar-refractivity contribution in [1.82, 2.24) is 5.32 Å². The minimum Gasteiger partial charge on any atom is -0.356 e. The van der Waals surface area contributed by atoms with E-state index in [1.54, 1.807) is 12.1 Å². The number of unbranched alkanes of at least 4 members (excludes halogenated alkanes) is 1. The molecule has 0 saturated carbocycles. The van der Waals surface area contributed by atoms with E-state index in [2.05, 4.69) is 22.5 Å². The molecule has 6 heteroatoms. The van der Waals surface area contributed by atoms with Gasteiger partial charge in [-0.2, -0.15) is 0 Å². The Hall–Kier alpha value is -2.89. The van der Waals surface area contributed by atoms with Gasteiger partial charge in [-0.05, 0) is 24.1 Å². The summed E-state index contributed by atoms with van der Waals surface area (Å²) in [6.07, 6.45) is 2.14. The number of nitrogens with one attached hydrogen (secondary N) is 2. The molecule has 24 heavy (non-hydrogen) atoms. The highest BCUT2D eigenvalue weighted by atomic mass is 16.6. The summed E-state index contributed by atoms with van der Waals surface area (Å²) in [5, 5.41) is 17.2. The molecule has 2 N–H and O–H groups in total. The third-order valence-corrected chi connectivity index (χ3v) is 3.43. The van der Waals surface area contributed by atoms with Gasteiger partial charge in [0.2, 0.25) is 0 Å². The molecule has 0 fully saturated rings. The van der Waals surface area contributed by atoms with Crippen LogP contribution in [0.15, 0.2) is 59.6 Å². The molecule has 126 valence electrons. The minimum atomic E-state index is -0.409. The van der Waals surface area contributed by atoms with E-state index in [0.29, 0.717) is 12.5 Å². The second-order valence-electron chi connectivity index (χ2n) is 5.36. The summed E-state index contributed by atoms with van der Waals surface area (Å²) in [5.41, 5.74) is 1.96. The van der Waals surface area contributed by atoms with Crippen molar-refractivity contribution in [3.8, 4) is 0 Å². The number of hydrogen-bond donors (Lipinski definition) is 2. The van der Waals surface area contributed by atoms with E-state index < -0.39 is 4.92 Å². The van der Waals surface area contributed by atoms with Crippen LogP contribution in [0.2, 0.25) is 0 Å². The first-order chi connectivity index (χ1) is 11.7. The molecule has 0 aromatic heterocycles. The normalized spacial score (nSPS) is 11.1. The van der Waals surface area contributed by atoms with Gasteiger partial charge in [0.25, 0.3) is 5.69 Å². The molecule has 0 heterocycles. The molecular weight excluding hydrogens is 304 g/mol. The van der Waals surface area contributed by atoms with Crippen LogP contribution in [0.3, 0.4) is 0 Å². The average Bonchev–Trinajstić information content (AvgIpc) is 2.61. The number of nitro benzene ring substituents is 1. The van der Waals surface area contributed by atoms with Gasteiger partial charge in [0.1, 0.15) is 0 Å². The first kappa shape index (κ1) is 17.5. The Labute approximate surface area is 141 Å².